The molecule has 0 spiro atoms. The summed E-state index contributed by atoms with van der Waals surface area (Å²) in [6.07, 6.45) is 1.98. The normalized spacial score (nSPS) is 11.1. The van der Waals surface area contributed by atoms with Gasteiger partial charge in [-0.25, -0.2) is 4.98 Å². The van der Waals surface area contributed by atoms with Crippen LogP contribution in [0.15, 0.2) is 54.6 Å². The maximum Gasteiger partial charge on any atom is 0.225 e. The first kappa shape index (κ1) is 18.9. The van der Waals surface area contributed by atoms with Crippen molar-refractivity contribution in [1.82, 2.24) is 9.97 Å². The fourth-order valence-electron chi connectivity index (χ4n) is 3.48. The average Bonchev–Trinajstić information content (AvgIpc) is 3.11. The van der Waals surface area contributed by atoms with Gasteiger partial charge in [0.05, 0.1) is 5.39 Å². The number of benzene rings is 2. The Kier molecular flexibility index (Phi) is 5.33. The highest BCUT2D eigenvalue weighted by Crippen LogP contribution is 2.43. The van der Waals surface area contributed by atoms with Gasteiger partial charge in [0, 0.05) is 23.2 Å². The van der Waals surface area contributed by atoms with Crippen molar-refractivity contribution in [1.29, 1.82) is 0 Å². The van der Waals surface area contributed by atoms with Crippen molar-refractivity contribution in [2.45, 2.75) is 26.7 Å². The van der Waals surface area contributed by atoms with E-state index in [0.717, 1.165) is 34.6 Å². The summed E-state index contributed by atoms with van der Waals surface area (Å²) in [5, 5.41) is 1.35. The van der Waals surface area contributed by atoms with Crippen molar-refractivity contribution >= 4 is 44.7 Å². The Hall–Kier alpha value is -2.43. The molecule has 2 aromatic carbocycles. The Morgan fingerprint density at radius 1 is 0.929 bits per heavy atom. The molecule has 0 bridgehead atoms. The van der Waals surface area contributed by atoms with Crippen molar-refractivity contribution < 1.29 is 0 Å². The number of thiophene rings is 1. The molecular weight excluding hydrogens is 386 g/mol. The van der Waals surface area contributed by atoms with Gasteiger partial charge in [-0.2, -0.15) is 4.98 Å². The summed E-state index contributed by atoms with van der Waals surface area (Å²) in [5.41, 5.74) is 4.82. The average molecular weight is 408 g/mol. The number of para-hydroxylation sites is 1. The number of anilines is 2. The third-order valence-corrected chi connectivity index (χ3v) is 6.41. The highest BCUT2D eigenvalue weighted by atomic mass is 35.5. The molecule has 2 aromatic heterocycles. The zero-order valence-electron chi connectivity index (χ0n) is 16.2. The van der Waals surface area contributed by atoms with Crippen LogP contribution >= 0.6 is 22.9 Å². The predicted molar refractivity (Wildman–Crippen MR) is 121 cm³/mol. The van der Waals surface area contributed by atoms with Gasteiger partial charge in [-0.1, -0.05) is 56.3 Å². The lowest BCUT2D eigenvalue weighted by Gasteiger charge is -2.20. The van der Waals surface area contributed by atoms with E-state index >= 15 is 0 Å². The van der Waals surface area contributed by atoms with Crippen molar-refractivity contribution in [3.8, 4) is 11.1 Å². The molecule has 0 radical (unpaired) electrons. The monoisotopic (exact) mass is 407 g/mol. The maximum absolute atomic E-state index is 6.30. The number of halogens is 1. The number of hydrogen-bond donors (Lipinski definition) is 0. The molecule has 2 heterocycles. The van der Waals surface area contributed by atoms with Crippen LogP contribution in [0.4, 0.5) is 11.5 Å². The quantitative estimate of drug-likeness (QED) is 0.337. The van der Waals surface area contributed by atoms with Crippen LogP contribution < -0.4 is 4.90 Å². The van der Waals surface area contributed by atoms with E-state index in [2.05, 4.69) is 65.1 Å². The smallest absolute Gasteiger partial charge is 0.225 e. The SMILES string of the molecule is CCc1ccc(-c2c(CC)sc3nc(Cl)nc(N(C)c4ccccc4)c23)cc1. The molecule has 0 aliphatic rings. The van der Waals surface area contributed by atoms with E-state index in [1.165, 1.54) is 21.6 Å². The molecule has 142 valence electrons. The second kappa shape index (κ2) is 7.90. The van der Waals surface area contributed by atoms with E-state index in [1.54, 1.807) is 11.3 Å². The van der Waals surface area contributed by atoms with Gasteiger partial charge in [-0.05, 0) is 47.7 Å². The van der Waals surface area contributed by atoms with E-state index in [9.17, 15) is 0 Å². The summed E-state index contributed by atoms with van der Waals surface area (Å²) < 4.78 is 0. The minimum atomic E-state index is 0.280. The van der Waals surface area contributed by atoms with E-state index in [1.807, 2.05) is 25.2 Å². The number of fused-ring (bicyclic) bond motifs is 1. The molecule has 4 aromatic rings. The van der Waals surface area contributed by atoms with E-state index in [-0.39, 0.29) is 5.28 Å². The van der Waals surface area contributed by atoms with Gasteiger partial charge in [0.15, 0.2) is 0 Å². The fourth-order valence-corrected chi connectivity index (χ4v) is 4.82. The van der Waals surface area contributed by atoms with E-state index in [4.69, 9.17) is 11.6 Å². The van der Waals surface area contributed by atoms with Gasteiger partial charge in [-0.15, -0.1) is 11.3 Å². The van der Waals surface area contributed by atoms with Gasteiger partial charge in [0.25, 0.3) is 0 Å². The van der Waals surface area contributed by atoms with Gasteiger partial charge in [-0.3, -0.25) is 0 Å². The van der Waals surface area contributed by atoms with Crippen molar-refractivity contribution in [2.24, 2.45) is 0 Å². The molecule has 5 heteroatoms. The van der Waals surface area contributed by atoms with Crippen molar-refractivity contribution in [3.05, 3.63) is 70.3 Å². The molecule has 0 amide bonds. The lowest BCUT2D eigenvalue weighted by atomic mass is 10.00. The first-order valence-corrected chi connectivity index (χ1v) is 10.7. The number of hydrogen-bond acceptors (Lipinski definition) is 4. The van der Waals surface area contributed by atoms with Crippen molar-refractivity contribution in [3.63, 3.8) is 0 Å². The second-order valence-electron chi connectivity index (χ2n) is 6.70. The minimum Gasteiger partial charge on any atom is -0.329 e. The molecule has 0 N–H and O–H groups in total. The fraction of sp³-hybridized carbons (Fsp3) is 0.217. The van der Waals surface area contributed by atoms with Gasteiger partial charge in [0.1, 0.15) is 10.6 Å². The predicted octanol–water partition coefficient (Wildman–Crippen LogP) is 6.90. The Morgan fingerprint density at radius 2 is 1.64 bits per heavy atom. The number of aryl methyl sites for hydroxylation is 2. The number of nitrogens with zero attached hydrogens (tertiary/aromatic N) is 3. The minimum absolute atomic E-state index is 0.280. The zero-order valence-corrected chi connectivity index (χ0v) is 17.8. The summed E-state index contributed by atoms with van der Waals surface area (Å²) in [7, 11) is 2.03. The van der Waals surface area contributed by atoms with Crippen LogP contribution in [-0.2, 0) is 12.8 Å². The molecule has 0 aliphatic heterocycles. The van der Waals surface area contributed by atoms with Crippen LogP contribution in [0.1, 0.15) is 24.3 Å². The second-order valence-corrected chi connectivity index (χ2v) is 8.12. The van der Waals surface area contributed by atoms with Crippen LogP contribution in [0.5, 0.6) is 0 Å². The first-order valence-electron chi connectivity index (χ1n) is 9.49. The maximum atomic E-state index is 6.30. The van der Waals surface area contributed by atoms with E-state index in [0.29, 0.717) is 0 Å². The standard InChI is InChI=1S/C23H22ClN3S/c1-4-15-11-13-16(14-12-15)19-18(5-2)28-22-20(19)21(25-23(24)26-22)27(3)17-9-7-6-8-10-17/h6-14H,4-5H2,1-3H3. The van der Waals surface area contributed by atoms with Crippen molar-refractivity contribution in [2.75, 3.05) is 11.9 Å². The van der Waals surface area contributed by atoms with E-state index < -0.39 is 0 Å². The molecular formula is C23H22ClN3S. The Labute approximate surface area is 174 Å². The number of rotatable bonds is 5. The zero-order chi connectivity index (χ0) is 19.7. The van der Waals surface area contributed by atoms with Crippen LogP contribution in [0.25, 0.3) is 21.3 Å². The lowest BCUT2D eigenvalue weighted by molar-refractivity contribution is 1.11. The third-order valence-electron chi connectivity index (χ3n) is 5.01. The Bertz CT molecular complexity index is 1100. The number of aromatic nitrogens is 2. The topological polar surface area (TPSA) is 29.0 Å². The third kappa shape index (κ3) is 3.38. The Morgan fingerprint density at radius 3 is 2.29 bits per heavy atom. The van der Waals surface area contributed by atoms with Crippen LogP contribution in [0, 0.1) is 0 Å². The molecule has 0 aliphatic carbocycles. The summed E-state index contributed by atoms with van der Waals surface area (Å²) in [4.78, 5) is 13.5. The summed E-state index contributed by atoms with van der Waals surface area (Å²) in [6.45, 7) is 4.36. The molecule has 28 heavy (non-hydrogen) atoms. The summed E-state index contributed by atoms with van der Waals surface area (Å²) >= 11 is 8.01. The summed E-state index contributed by atoms with van der Waals surface area (Å²) in [5.74, 6) is 0.840. The van der Waals surface area contributed by atoms with Crippen LogP contribution in [0.3, 0.4) is 0 Å². The molecule has 0 fully saturated rings. The largest absolute Gasteiger partial charge is 0.329 e. The highest BCUT2D eigenvalue weighted by molar-refractivity contribution is 7.19. The molecule has 0 saturated heterocycles. The molecule has 4 rings (SSSR count). The molecule has 0 atom stereocenters. The summed E-state index contributed by atoms with van der Waals surface area (Å²) in [6, 6.07) is 19.0. The van der Waals surface area contributed by atoms with Gasteiger partial charge >= 0.3 is 0 Å². The van der Waals surface area contributed by atoms with Crippen LogP contribution in [-0.4, -0.2) is 17.0 Å². The molecule has 0 unspecified atom stereocenters. The van der Waals surface area contributed by atoms with Gasteiger partial charge < -0.3 is 4.90 Å². The molecule has 0 saturated carbocycles. The first-order chi connectivity index (χ1) is 13.6. The highest BCUT2D eigenvalue weighted by Gasteiger charge is 2.22. The lowest BCUT2D eigenvalue weighted by Crippen LogP contribution is -2.12. The molecule has 3 nitrogen and oxygen atoms in total. The van der Waals surface area contributed by atoms with Gasteiger partial charge in [0.2, 0.25) is 5.28 Å². The Balaban J connectivity index is 1.98. The van der Waals surface area contributed by atoms with Crippen LogP contribution in [0.2, 0.25) is 5.28 Å².